The third-order valence-corrected chi connectivity index (χ3v) is 5.35. The average Bonchev–Trinajstić information content (AvgIpc) is 3.43. The number of ether oxygens (including phenoxy) is 1. The van der Waals surface area contributed by atoms with Gasteiger partial charge in [-0.05, 0) is 19.1 Å². The molecule has 0 aliphatic heterocycles. The lowest BCUT2D eigenvalue weighted by molar-refractivity contribution is -0.143. The minimum absolute atomic E-state index is 0.0720. The van der Waals surface area contributed by atoms with E-state index in [0.29, 0.717) is 17.7 Å². The maximum absolute atomic E-state index is 13.1. The second kappa shape index (κ2) is 11.4. The van der Waals surface area contributed by atoms with Crippen molar-refractivity contribution in [2.24, 2.45) is 7.05 Å². The molecule has 4 rings (SSSR count). The van der Waals surface area contributed by atoms with Crippen molar-refractivity contribution in [2.75, 3.05) is 17.7 Å². The average molecular weight is 546 g/mol. The summed E-state index contributed by atoms with van der Waals surface area (Å²) in [5, 5.41) is 11.5. The zero-order chi connectivity index (χ0) is 27.3. The molecule has 0 aliphatic rings. The predicted molar refractivity (Wildman–Crippen MR) is 135 cm³/mol. The van der Waals surface area contributed by atoms with Crippen molar-refractivity contribution >= 4 is 23.1 Å². The van der Waals surface area contributed by atoms with Crippen LogP contribution in [-0.4, -0.2) is 53.3 Å². The molecule has 0 bridgehead atoms. The molecule has 0 saturated carbocycles. The van der Waals surface area contributed by atoms with E-state index < -0.39 is 12.7 Å². The summed E-state index contributed by atoms with van der Waals surface area (Å²) in [4.78, 5) is 12.3. The van der Waals surface area contributed by atoms with E-state index in [-0.39, 0.29) is 40.9 Å². The molecule has 0 unspecified atom stereocenters. The van der Waals surface area contributed by atoms with E-state index in [1.165, 1.54) is 18.5 Å². The van der Waals surface area contributed by atoms with Crippen LogP contribution in [0.3, 0.4) is 0 Å². The molecule has 0 amide bonds. The van der Waals surface area contributed by atoms with Crippen molar-refractivity contribution in [2.45, 2.75) is 32.1 Å². The Hall–Kier alpha value is -4.31. The number of halogens is 4. The van der Waals surface area contributed by atoms with Gasteiger partial charge in [0.2, 0.25) is 5.88 Å². The van der Waals surface area contributed by atoms with E-state index in [4.69, 9.17) is 22.1 Å². The van der Waals surface area contributed by atoms with E-state index in [1.807, 2.05) is 6.92 Å². The molecule has 38 heavy (non-hydrogen) atoms. The zero-order valence-electron chi connectivity index (χ0n) is 20.4. The maximum atomic E-state index is 13.1. The van der Waals surface area contributed by atoms with Gasteiger partial charge in [-0.3, -0.25) is 4.68 Å². The molecule has 14 heteroatoms. The Bertz CT molecular complexity index is 1470. The minimum atomic E-state index is -4.50. The molecule has 198 valence electrons. The summed E-state index contributed by atoms with van der Waals surface area (Å²) in [6, 6.07) is 2.96. The maximum Gasteiger partial charge on any atom is 0.408 e. The van der Waals surface area contributed by atoms with Crippen LogP contribution in [0.15, 0.2) is 43.1 Å². The highest BCUT2D eigenvalue weighted by Gasteiger charge is 2.31. The van der Waals surface area contributed by atoms with Crippen molar-refractivity contribution in [3.8, 4) is 29.1 Å². The van der Waals surface area contributed by atoms with Gasteiger partial charge < -0.3 is 15.8 Å². The monoisotopic (exact) mass is 545 g/mol. The van der Waals surface area contributed by atoms with Crippen LogP contribution in [0.5, 0.6) is 5.88 Å². The van der Waals surface area contributed by atoms with Gasteiger partial charge in [0, 0.05) is 38.1 Å². The first kappa shape index (κ1) is 26.7. The fourth-order valence-corrected chi connectivity index (χ4v) is 3.57. The second-order valence-electron chi connectivity index (χ2n) is 8.33. The van der Waals surface area contributed by atoms with Gasteiger partial charge in [0.25, 0.3) is 0 Å². The van der Waals surface area contributed by atoms with Crippen molar-refractivity contribution < 1.29 is 17.9 Å². The quantitative estimate of drug-likeness (QED) is 0.252. The molecule has 4 aromatic rings. The molecule has 0 radical (unpaired) electrons. The molecular formula is C24H23ClF3N9O. The zero-order valence-corrected chi connectivity index (χ0v) is 21.1. The van der Waals surface area contributed by atoms with Gasteiger partial charge in [0.15, 0.2) is 5.82 Å². The highest BCUT2D eigenvalue weighted by Crippen LogP contribution is 2.30. The largest absolute Gasteiger partial charge is 0.477 e. The third-order valence-electron chi connectivity index (χ3n) is 5.15. The van der Waals surface area contributed by atoms with Crippen molar-refractivity contribution in [3.63, 3.8) is 0 Å². The predicted octanol–water partition coefficient (Wildman–Crippen LogP) is 3.94. The molecule has 0 saturated heterocycles. The summed E-state index contributed by atoms with van der Waals surface area (Å²) in [5.41, 5.74) is 7.93. The van der Waals surface area contributed by atoms with E-state index in [0.717, 1.165) is 10.2 Å². The lowest BCUT2D eigenvalue weighted by atomic mass is 10.2. The molecule has 0 spiro atoms. The van der Waals surface area contributed by atoms with Crippen LogP contribution in [0, 0.1) is 11.8 Å². The Morgan fingerprint density at radius 2 is 2.00 bits per heavy atom. The number of alkyl halides is 3. The summed E-state index contributed by atoms with van der Waals surface area (Å²) < 4.78 is 47.5. The smallest absolute Gasteiger partial charge is 0.408 e. The minimum Gasteiger partial charge on any atom is -0.477 e. The summed E-state index contributed by atoms with van der Waals surface area (Å²) in [7, 11) is 1.80. The third kappa shape index (κ3) is 7.13. The van der Waals surface area contributed by atoms with Crippen molar-refractivity contribution in [1.29, 1.82) is 0 Å². The van der Waals surface area contributed by atoms with Gasteiger partial charge in [-0.2, -0.15) is 23.4 Å². The molecule has 0 fully saturated rings. The number of aromatic nitrogens is 7. The summed E-state index contributed by atoms with van der Waals surface area (Å²) in [6.45, 7) is 0.639. The number of nitrogens with zero attached hydrogens (tertiary/aromatic N) is 7. The van der Waals surface area contributed by atoms with Gasteiger partial charge in [-0.1, -0.05) is 23.4 Å². The second-order valence-corrected chi connectivity index (χ2v) is 8.72. The molecule has 1 atom stereocenters. The number of hydrogen-bond donors (Lipinski definition) is 2. The van der Waals surface area contributed by atoms with E-state index in [9.17, 15) is 13.2 Å². The number of hydrogen-bond acceptors (Lipinski definition) is 8. The molecule has 3 N–H and O–H groups in total. The van der Waals surface area contributed by atoms with Crippen LogP contribution >= 0.6 is 11.6 Å². The number of rotatable bonds is 8. The standard InChI is InChI=1S/C24H23ClF3N9O/c1-15(34-19-9-20(25)31-11-17(19)4-3-16-10-32-36(2)13-16)6-8-38-23-18(22-30-7-5-21(29)35-22)12-33-37(23)14-24(26,27)28/h5,7,9-13,15H,6,8,14H2,1-2H3,(H,31,34)(H2,29,30,35)/t15-/m0/s1. The van der Waals surface area contributed by atoms with Gasteiger partial charge >= 0.3 is 6.18 Å². The number of nitrogen functional groups attached to an aromatic ring is 1. The van der Waals surface area contributed by atoms with Crippen LogP contribution in [0.2, 0.25) is 5.15 Å². The molecule has 4 aromatic heterocycles. The fourth-order valence-electron chi connectivity index (χ4n) is 3.41. The number of nitrogens with one attached hydrogen (secondary N) is 1. The summed E-state index contributed by atoms with van der Waals surface area (Å²) in [6.07, 6.45) is 3.55. The Kier molecular flexibility index (Phi) is 8.02. The summed E-state index contributed by atoms with van der Waals surface area (Å²) in [5.74, 6) is 6.26. The topological polar surface area (TPSA) is 122 Å². The van der Waals surface area contributed by atoms with Crippen molar-refractivity contribution in [1.82, 2.24) is 34.5 Å². The van der Waals surface area contributed by atoms with E-state index in [2.05, 4.69) is 42.3 Å². The van der Waals surface area contributed by atoms with Crippen molar-refractivity contribution in [3.05, 3.63) is 59.4 Å². The number of anilines is 2. The molecular weight excluding hydrogens is 523 g/mol. The first-order valence-electron chi connectivity index (χ1n) is 11.3. The first-order valence-corrected chi connectivity index (χ1v) is 11.7. The molecule has 4 heterocycles. The Morgan fingerprint density at radius 3 is 2.71 bits per heavy atom. The lowest BCUT2D eigenvalue weighted by Gasteiger charge is -2.18. The Balaban J connectivity index is 1.47. The van der Waals surface area contributed by atoms with Crippen LogP contribution in [-0.2, 0) is 13.6 Å². The fraction of sp³-hybridized carbons (Fsp3) is 0.292. The van der Waals surface area contributed by atoms with Crippen LogP contribution in [0.1, 0.15) is 24.5 Å². The van der Waals surface area contributed by atoms with Gasteiger partial charge in [-0.25, -0.2) is 19.6 Å². The number of nitrogens with two attached hydrogens (primary N) is 1. The lowest BCUT2D eigenvalue weighted by Crippen LogP contribution is -2.22. The van der Waals surface area contributed by atoms with E-state index >= 15 is 0 Å². The van der Waals surface area contributed by atoms with Gasteiger partial charge in [0.05, 0.1) is 35.8 Å². The Labute approximate surface area is 221 Å². The number of aryl methyl sites for hydroxylation is 1. The van der Waals surface area contributed by atoms with Crippen LogP contribution in [0.25, 0.3) is 11.4 Å². The molecule has 10 nitrogen and oxygen atoms in total. The van der Waals surface area contributed by atoms with Gasteiger partial charge in [-0.15, -0.1) is 0 Å². The highest BCUT2D eigenvalue weighted by atomic mass is 35.5. The Morgan fingerprint density at radius 1 is 1.18 bits per heavy atom. The normalized spacial score (nSPS) is 12.1. The first-order chi connectivity index (χ1) is 18.1. The SMILES string of the molecule is C[C@@H](CCOc1c(-c2nccc(N)n2)cnn1CC(F)(F)F)Nc1cc(Cl)ncc1C#Cc1cnn(C)c1. The van der Waals surface area contributed by atoms with Gasteiger partial charge in [0.1, 0.15) is 23.1 Å². The molecule has 0 aromatic carbocycles. The van der Waals surface area contributed by atoms with Crippen LogP contribution < -0.4 is 15.8 Å². The molecule has 0 aliphatic carbocycles. The highest BCUT2D eigenvalue weighted by molar-refractivity contribution is 6.29. The summed E-state index contributed by atoms with van der Waals surface area (Å²) >= 11 is 6.09. The van der Waals surface area contributed by atoms with Crippen LogP contribution in [0.4, 0.5) is 24.7 Å². The number of pyridine rings is 1. The van der Waals surface area contributed by atoms with E-state index in [1.54, 1.807) is 36.4 Å².